The fraction of sp³-hybridized carbons (Fsp3) is 0.636. The van der Waals surface area contributed by atoms with Crippen molar-refractivity contribution in [1.82, 2.24) is 9.97 Å². The van der Waals surface area contributed by atoms with Crippen molar-refractivity contribution >= 4 is 28.4 Å². The van der Waals surface area contributed by atoms with Gasteiger partial charge in [0.1, 0.15) is 9.39 Å². The number of aromatic nitrogens is 2. The van der Waals surface area contributed by atoms with Crippen molar-refractivity contribution < 1.29 is 0 Å². The van der Waals surface area contributed by atoms with E-state index in [9.17, 15) is 4.79 Å². The molecule has 0 atom stereocenters. The molecule has 0 aromatic carbocycles. The summed E-state index contributed by atoms with van der Waals surface area (Å²) in [7, 11) is 0. The van der Waals surface area contributed by atoms with Crippen molar-refractivity contribution in [2.24, 2.45) is 5.92 Å². The molecule has 1 heterocycles. The highest BCUT2D eigenvalue weighted by Crippen LogP contribution is 2.31. The van der Waals surface area contributed by atoms with E-state index in [0.717, 1.165) is 31.2 Å². The van der Waals surface area contributed by atoms with Gasteiger partial charge in [0.15, 0.2) is 0 Å². The van der Waals surface area contributed by atoms with Crippen molar-refractivity contribution in [3.8, 4) is 0 Å². The summed E-state index contributed by atoms with van der Waals surface area (Å²) in [6.07, 6.45) is 5.21. The fourth-order valence-electron chi connectivity index (χ4n) is 1.76. The number of halogens is 1. The first-order valence-corrected chi connectivity index (χ1v) is 6.78. The molecule has 4 nitrogen and oxygen atoms in total. The Labute approximate surface area is 109 Å². The summed E-state index contributed by atoms with van der Waals surface area (Å²) in [5, 5.41) is 0. The molecular weight excluding hydrogens is 317 g/mol. The summed E-state index contributed by atoms with van der Waals surface area (Å²) >= 11 is 2.08. The first kappa shape index (κ1) is 11.9. The highest BCUT2D eigenvalue weighted by Gasteiger charge is 2.25. The largest absolute Gasteiger partial charge is 0.355 e. The van der Waals surface area contributed by atoms with Gasteiger partial charge in [0.05, 0.1) is 6.33 Å². The van der Waals surface area contributed by atoms with Crippen LogP contribution in [0, 0.1) is 9.49 Å². The van der Waals surface area contributed by atoms with Gasteiger partial charge in [-0.05, 0) is 47.8 Å². The first-order valence-electron chi connectivity index (χ1n) is 5.70. The van der Waals surface area contributed by atoms with Gasteiger partial charge in [0.2, 0.25) is 0 Å². The lowest BCUT2D eigenvalue weighted by molar-refractivity contribution is 0.695. The number of nitrogens with one attached hydrogen (secondary N) is 1. The Kier molecular flexibility index (Phi) is 3.83. The van der Waals surface area contributed by atoms with E-state index in [1.54, 1.807) is 0 Å². The third kappa shape index (κ3) is 2.75. The van der Waals surface area contributed by atoms with Crippen molar-refractivity contribution in [1.29, 1.82) is 0 Å². The average Bonchev–Trinajstić information content (AvgIpc) is 3.06. The molecule has 0 unspecified atom stereocenters. The third-order valence-electron chi connectivity index (χ3n) is 2.75. The Bertz CT molecular complexity index is 414. The van der Waals surface area contributed by atoms with E-state index in [0.29, 0.717) is 3.57 Å². The maximum Gasteiger partial charge on any atom is 0.266 e. The van der Waals surface area contributed by atoms with Crippen LogP contribution in [0.4, 0.5) is 5.82 Å². The highest BCUT2D eigenvalue weighted by molar-refractivity contribution is 14.1. The molecule has 1 aliphatic rings. The minimum atomic E-state index is -0.0394. The number of hydrogen-bond donors (Lipinski definition) is 1. The standard InChI is InChI=1S/C11H16IN3O/c1-2-5-15(6-8-3-4-8)10-9(12)11(16)14-7-13-10/h7-8H,2-6H2,1H3,(H,13,14,16). The Hall–Kier alpha value is -0.590. The summed E-state index contributed by atoms with van der Waals surface area (Å²) in [6.45, 7) is 4.17. The van der Waals surface area contributed by atoms with Crippen LogP contribution in [0.2, 0.25) is 0 Å². The van der Waals surface area contributed by atoms with Gasteiger partial charge in [0, 0.05) is 13.1 Å². The molecule has 0 amide bonds. The van der Waals surface area contributed by atoms with Crippen molar-refractivity contribution in [2.45, 2.75) is 26.2 Å². The van der Waals surface area contributed by atoms with Gasteiger partial charge in [-0.25, -0.2) is 4.98 Å². The summed E-state index contributed by atoms with van der Waals surface area (Å²) < 4.78 is 0.703. The average molecular weight is 333 g/mol. The lowest BCUT2D eigenvalue weighted by Gasteiger charge is -2.23. The van der Waals surface area contributed by atoms with Crippen LogP contribution >= 0.6 is 22.6 Å². The molecule has 0 spiro atoms. The number of anilines is 1. The van der Waals surface area contributed by atoms with Crippen molar-refractivity contribution in [3.05, 3.63) is 20.3 Å². The Morgan fingerprint density at radius 2 is 2.38 bits per heavy atom. The predicted octanol–water partition coefficient (Wildman–Crippen LogP) is 2.00. The zero-order chi connectivity index (χ0) is 11.5. The SMILES string of the molecule is CCCN(CC1CC1)c1nc[nH]c(=O)c1I. The molecule has 5 heteroatoms. The van der Waals surface area contributed by atoms with Gasteiger partial charge in [-0.2, -0.15) is 0 Å². The molecule has 1 N–H and O–H groups in total. The minimum absolute atomic E-state index is 0.0394. The van der Waals surface area contributed by atoms with Gasteiger partial charge in [0.25, 0.3) is 5.56 Å². The lowest BCUT2D eigenvalue weighted by atomic mass is 10.3. The maximum atomic E-state index is 11.5. The second kappa shape index (κ2) is 5.16. The number of aromatic amines is 1. The topological polar surface area (TPSA) is 49.0 Å². The van der Waals surface area contributed by atoms with E-state index in [4.69, 9.17) is 0 Å². The summed E-state index contributed by atoms with van der Waals surface area (Å²) in [5.74, 6) is 1.65. The molecule has 1 aliphatic carbocycles. The zero-order valence-electron chi connectivity index (χ0n) is 9.37. The molecule has 0 radical (unpaired) electrons. The monoisotopic (exact) mass is 333 g/mol. The Morgan fingerprint density at radius 3 is 3.00 bits per heavy atom. The summed E-state index contributed by atoms with van der Waals surface area (Å²) in [4.78, 5) is 20.7. The number of hydrogen-bond acceptors (Lipinski definition) is 3. The summed E-state index contributed by atoms with van der Waals surface area (Å²) in [5.41, 5.74) is -0.0394. The van der Waals surface area contributed by atoms with E-state index in [2.05, 4.69) is 44.4 Å². The third-order valence-corrected chi connectivity index (χ3v) is 3.72. The van der Waals surface area contributed by atoms with E-state index in [1.165, 1.54) is 19.2 Å². The lowest BCUT2D eigenvalue weighted by Crippen LogP contribution is -2.30. The number of nitrogens with zero attached hydrogens (tertiary/aromatic N) is 2. The smallest absolute Gasteiger partial charge is 0.266 e. The first-order chi connectivity index (χ1) is 7.72. The van der Waals surface area contributed by atoms with Crippen LogP contribution in [0.3, 0.4) is 0 Å². The van der Waals surface area contributed by atoms with Crippen LogP contribution in [0.25, 0.3) is 0 Å². The van der Waals surface area contributed by atoms with Crippen molar-refractivity contribution in [2.75, 3.05) is 18.0 Å². The van der Waals surface area contributed by atoms with Gasteiger partial charge in [-0.3, -0.25) is 4.79 Å². The molecule has 0 saturated heterocycles. The quantitative estimate of drug-likeness (QED) is 0.839. The molecule has 1 fully saturated rings. The maximum absolute atomic E-state index is 11.5. The van der Waals surface area contributed by atoms with E-state index < -0.39 is 0 Å². The number of rotatable bonds is 5. The van der Waals surface area contributed by atoms with E-state index in [1.807, 2.05) is 0 Å². The molecule has 88 valence electrons. The molecule has 1 aromatic rings. The van der Waals surface area contributed by atoms with Crippen LogP contribution < -0.4 is 10.5 Å². The highest BCUT2D eigenvalue weighted by atomic mass is 127. The van der Waals surface area contributed by atoms with Crippen LogP contribution in [0.15, 0.2) is 11.1 Å². The predicted molar refractivity (Wildman–Crippen MR) is 72.8 cm³/mol. The molecule has 0 aliphatic heterocycles. The van der Waals surface area contributed by atoms with Gasteiger partial charge >= 0.3 is 0 Å². The van der Waals surface area contributed by atoms with Crippen LogP contribution in [-0.2, 0) is 0 Å². The van der Waals surface area contributed by atoms with Gasteiger partial charge < -0.3 is 9.88 Å². The molecule has 0 bridgehead atoms. The second-order valence-electron chi connectivity index (χ2n) is 4.26. The van der Waals surface area contributed by atoms with E-state index in [-0.39, 0.29) is 5.56 Å². The molecule has 1 aromatic heterocycles. The van der Waals surface area contributed by atoms with Crippen LogP contribution in [0.1, 0.15) is 26.2 Å². The molecule has 16 heavy (non-hydrogen) atoms. The van der Waals surface area contributed by atoms with Gasteiger partial charge in [-0.15, -0.1) is 0 Å². The fourth-order valence-corrected chi connectivity index (χ4v) is 2.40. The molecule has 2 rings (SSSR count). The molecular formula is C11H16IN3O. The Balaban J connectivity index is 2.22. The molecule has 1 saturated carbocycles. The zero-order valence-corrected chi connectivity index (χ0v) is 11.5. The van der Waals surface area contributed by atoms with Crippen molar-refractivity contribution in [3.63, 3.8) is 0 Å². The van der Waals surface area contributed by atoms with Crippen LogP contribution in [-0.4, -0.2) is 23.1 Å². The van der Waals surface area contributed by atoms with Crippen LogP contribution in [0.5, 0.6) is 0 Å². The normalized spacial score (nSPS) is 15.1. The van der Waals surface area contributed by atoms with Gasteiger partial charge in [-0.1, -0.05) is 6.92 Å². The second-order valence-corrected chi connectivity index (χ2v) is 5.34. The number of H-pyrrole nitrogens is 1. The minimum Gasteiger partial charge on any atom is -0.355 e. The van der Waals surface area contributed by atoms with E-state index >= 15 is 0 Å². The Morgan fingerprint density at radius 1 is 1.62 bits per heavy atom. The summed E-state index contributed by atoms with van der Waals surface area (Å²) in [6, 6.07) is 0.